The summed E-state index contributed by atoms with van der Waals surface area (Å²) in [6.07, 6.45) is 2.58. The van der Waals surface area contributed by atoms with Crippen LogP contribution >= 0.6 is 0 Å². The highest BCUT2D eigenvalue weighted by Gasteiger charge is 2.25. The van der Waals surface area contributed by atoms with Gasteiger partial charge in [0.05, 0.1) is 25.0 Å². The zero-order valence-corrected chi connectivity index (χ0v) is 18.6. The largest absolute Gasteiger partial charge is 0.364 e. The molecule has 0 atom stereocenters. The first kappa shape index (κ1) is 21.1. The predicted octanol–water partition coefficient (Wildman–Crippen LogP) is 3.24. The van der Waals surface area contributed by atoms with E-state index in [0.29, 0.717) is 42.3 Å². The fraction of sp³-hybridized carbons (Fsp3) is 0.217. The molecule has 0 bridgehead atoms. The first-order valence-electron chi connectivity index (χ1n) is 11.0. The van der Waals surface area contributed by atoms with Gasteiger partial charge in [-0.25, -0.2) is 18.7 Å². The van der Waals surface area contributed by atoms with Crippen molar-refractivity contribution in [1.29, 1.82) is 0 Å². The monoisotopic (exact) mass is 475 g/mol. The summed E-state index contributed by atoms with van der Waals surface area (Å²) in [4.78, 5) is 10.5. The van der Waals surface area contributed by atoms with Gasteiger partial charge in [0.2, 0.25) is 0 Å². The average Bonchev–Trinajstić information content (AvgIpc) is 3.61. The molecule has 0 saturated heterocycles. The molecule has 0 radical (unpaired) electrons. The number of aryl methyl sites for hydroxylation is 1. The van der Waals surface area contributed by atoms with Gasteiger partial charge >= 0.3 is 0 Å². The van der Waals surface area contributed by atoms with Crippen molar-refractivity contribution >= 4 is 5.82 Å². The Balaban J connectivity index is 1.37. The van der Waals surface area contributed by atoms with Crippen LogP contribution < -0.4 is 4.90 Å². The van der Waals surface area contributed by atoms with Crippen LogP contribution in [0.15, 0.2) is 53.4 Å². The maximum absolute atomic E-state index is 14.8. The van der Waals surface area contributed by atoms with Gasteiger partial charge in [0, 0.05) is 24.7 Å². The second-order valence-electron chi connectivity index (χ2n) is 8.15. The number of nitrogens with zero attached hydrogens (tertiary/aromatic N) is 9. The maximum atomic E-state index is 14.8. The van der Waals surface area contributed by atoms with E-state index < -0.39 is 5.82 Å². The molecule has 0 aliphatic carbocycles. The van der Waals surface area contributed by atoms with E-state index in [0.717, 1.165) is 17.8 Å². The molecule has 0 fully saturated rings. The SMILES string of the molecule is Cc1nnc2n1CCN(c1nc(-c3cc(-c4ccon4)n(Cc4ccccc4F)n3)ncc1F)C2. The van der Waals surface area contributed by atoms with Gasteiger partial charge in [-0.1, -0.05) is 23.4 Å². The minimum atomic E-state index is -0.541. The number of anilines is 1. The van der Waals surface area contributed by atoms with E-state index in [2.05, 4.69) is 30.4 Å². The molecule has 5 heterocycles. The molecule has 1 aromatic carbocycles. The molecule has 0 spiro atoms. The lowest BCUT2D eigenvalue weighted by Crippen LogP contribution is -2.35. The topological polar surface area (TPSA) is 104 Å². The van der Waals surface area contributed by atoms with E-state index in [9.17, 15) is 8.78 Å². The molecule has 176 valence electrons. The minimum absolute atomic E-state index is 0.157. The van der Waals surface area contributed by atoms with Gasteiger partial charge in [-0.2, -0.15) is 5.10 Å². The van der Waals surface area contributed by atoms with Crippen LogP contribution in [0.3, 0.4) is 0 Å². The lowest BCUT2D eigenvalue weighted by molar-refractivity contribution is 0.421. The Morgan fingerprint density at radius 1 is 1.03 bits per heavy atom. The first-order valence-corrected chi connectivity index (χ1v) is 11.0. The Kier molecular flexibility index (Phi) is 5.05. The average molecular weight is 475 g/mol. The number of halogens is 2. The highest BCUT2D eigenvalue weighted by molar-refractivity contribution is 5.63. The summed E-state index contributed by atoms with van der Waals surface area (Å²) in [5.74, 6) is 1.08. The van der Waals surface area contributed by atoms with Crippen molar-refractivity contribution in [1.82, 2.24) is 39.7 Å². The number of hydrogen-bond donors (Lipinski definition) is 0. The number of benzene rings is 1. The Hall–Kier alpha value is -4.48. The highest BCUT2D eigenvalue weighted by Crippen LogP contribution is 2.28. The summed E-state index contributed by atoms with van der Waals surface area (Å²) in [5, 5.41) is 16.9. The quantitative estimate of drug-likeness (QED) is 0.382. The zero-order chi connectivity index (χ0) is 23.9. The maximum Gasteiger partial charge on any atom is 0.183 e. The normalized spacial score (nSPS) is 13.3. The summed E-state index contributed by atoms with van der Waals surface area (Å²) in [5.41, 5.74) is 1.97. The van der Waals surface area contributed by atoms with Crippen molar-refractivity contribution in [3.8, 4) is 22.9 Å². The number of aromatic nitrogens is 8. The molecule has 0 N–H and O–H groups in total. The van der Waals surface area contributed by atoms with Gasteiger partial charge < -0.3 is 14.0 Å². The van der Waals surface area contributed by atoms with Crippen molar-refractivity contribution in [3.05, 3.63) is 77.7 Å². The molecule has 6 rings (SSSR count). The van der Waals surface area contributed by atoms with Crippen LogP contribution in [0.4, 0.5) is 14.6 Å². The van der Waals surface area contributed by atoms with E-state index >= 15 is 0 Å². The summed E-state index contributed by atoms with van der Waals surface area (Å²) >= 11 is 0. The lowest BCUT2D eigenvalue weighted by Gasteiger charge is -2.28. The number of fused-ring (bicyclic) bond motifs is 1. The van der Waals surface area contributed by atoms with Crippen LogP contribution in [-0.2, 0) is 19.6 Å². The Labute approximate surface area is 197 Å². The Morgan fingerprint density at radius 2 is 1.91 bits per heavy atom. The second kappa shape index (κ2) is 8.38. The number of rotatable bonds is 5. The third kappa shape index (κ3) is 3.82. The molecular weight excluding hydrogens is 456 g/mol. The van der Waals surface area contributed by atoms with Crippen LogP contribution in [0.5, 0.6) is 0 Å². The number of hydrogen-bond acceptors (Lipinski definition) is 8. The van der Waals surface area contributed by atoms with Gasteiger partial charge in [-0.05, 0) is 19.1 Å². The van der Waals surface area contributed by atoms with Crippen LogP contribution in [-0.4, -0.2) is 46.2 Å². The molecule has 35 heavy (non-hydrogen) atoms. The van der Waals surface area contributed by atoms with Crippen molar-refractivity contribution in [2.75, 3.05) is 11.4 Å². The summed E-state index contributed by atoms with van der Waals surface area (Å²) < 4.78 is 37.7. The smallest absolute Gasteiger partial charge is 0.183 e. The van der Waals surface area contributed by atoms with Gasteiger partial charge in [0.25, 0.3) is 0 Å². The molecule has 0 unspecified atom stereocenters. The van der Waals surface area contributed by atoms with Crippen LogP contribution in [0, 0.1) is 18.6 Å². The van der Waals surface area contributed by atoms with Crippen LogP contribution in [0.25, 0.3) is 22.9 Å². The zero-order valence-electron chi connectivity index (χ0n) is 18.6. The second-order valence-corrected chi connectivity index (χ2v) is 8.15. The van der Waals surface area contributed by atoms with Crippen molar-refractivity contribution in [2.45, 2.75) is 26.6 Å². The third-order valence-corrected chi connectivity index (χ3v) is 5.95. The van der Waals surface area contributed by atoms with Crippen molar-refractivity contribution in [3.63, 3.8) is 0 Å². The van der Waals surface area contributed by atoms with Gasteiger partial charge in [0.15, 0.2) is 23.3 Å². The molecule has 1 aliphatic rings. The van der Waals surface area contributed by atoms with Crippen molar-refractivity contribution in [2.24, 2.45) is 0 Å². The summed E-state index contributed by atoms with van der Waals surface area (Å²) in [7, 11) is 0. The van der Waals surface area contributed by atoms with E-state index in [4.69, 9.17) is 4.52 Å². The standard InChI is InChI=1S/C23H19F2N9O/c1-14-28-29-21-13-32(7-8-33(14)21)23-17(25)11-26-22(27-23)19-10-20(18-6-9-35-31-18)34(30-19)12-15-4-2-3-5-16(15)24/h2-6,9-11H,7-8,12-13H2,1H3. The molecule has 4 aromatic heterocycles. The van der Waals surface area contributed by atoms with E-state index in [1.54, 1.807) is 39.9 Å². The molecule has 1 aliphatic heterocycles. The Morgan fingerprint density at radius 3 is 2.74 bits per heavy atom. The van der Waals surface area contributed by atoms with Crippen molar-refractivity contribution < 1.29 is 13.3 Å². The van der Waals surface area contributed by atoms with E-state index in [1.165, 1.54) is 12.3 Å². The third-order valence-electron chi connectivity index (χ3n) is 5.95. The van der Waals surface area contributed by atoms with Gasteiger partial charge in [-0.3, -0.25) is 4.68 Å². The molecule has 0 amide bonds. The fourth-order valence-corrected chi connectivity index (χ4v) is 4.17. The Bertz CT molecular complexity index is 1510. The van der Waals surface area contributed by atoms with Crippen LogP contribution in [0.2, 0.25) is 0 Å². The molecule has 12 heteroatoms. The van der Waals surface area contributed by atoms with Gasteiger partial charge in [-0.15, -0.1) is 10.2 Å². The van der Waals surface area contributed by atoms with Gasteiger partial charge in [0.1, 0.15) is 29.3 Å². The molecule has 0 saturated carbocycles. The van der Waals surface area contributed by atoms with Crippen LogP contribution in [0.1, 0.15) is 17.2 Å². The van der Waals surface area contributed by atoms with E-state index in [1.807, 2.05) is 11.5 Å². The fourth-order valence-electron chi connectivity index (χ4n) is 4.17. The summed E-state index contributed by atoms with van der Waals surface area (Å²) in [6.45, 7) is 3.59. The predicted molar refractivity (Wildman–Crippen MR) is 120 cm³/mol. The highest BCUT2D eigenvalue weighted by atomic mass is 19.1. The lowest BCUT2D eigenvalue weighted by atomic mass is 10.2. The minimum Gasteiger partial charge on any atom is -0.364 e. The first-order chi connectivity index (χ1) is 17.1. The molecule has 5 aromatic rings. The molecular formula is C23H19F2N9O. The van der Waals surface area contributed by atoms with E-state index in [-0.39, 0.29) is 24.0 Å². The summed E-state index contributed by atoms with van der Waals surface area (Å²) in [6, 6.07) is 9.88. The molecule has 10 nitrogen and oxygen atoms in total.